The minimum Gasteiger partial charge on any atom is -0.399 e. The lowest BCUT2D eigenvalue weighted by atomic mass is 10.0. The Hall–Kier alpha value is -1.06. The van der Waals surface area contributed by atoms with Crippen LogP contribution in [0.4, 0.5) is 5.69 Å². The summed E-state index contributed by atoms with van der Waals surface area (Å²) in [6.07, 6.45) is 3.49. The monoisotopic (exact) mass is 246 g/mol. The molecule has 0 saturated carbocycles. The Labute approximate surface area is 109 Å². The number of benzene rings is 1. The van der Waals surface area contributed by atoms with Gasteiger partial charge in [-0.2, -0.15) is 0 Å². The van der Waals surface area contributed by atoms with E-state index in [1.165, 1.54) is 24.0 Å². The van der Waals surface area contributed by atoms with Crippen molar-refractivity contribution in [2.75, 3.05) is 18.9 Å². The van der Waals surface area contributed by atoms with E-state index in [0.29, 0.717) is 18.0 Å². The molecule has 1 saturated heterocycles. The highest BCUT2D eigenvalue weighted by Crippen LogP contribution is 2.41. The third kappa shape index (κ3) is 1.82. The van der Waals surface area contributed by atoms with Gasteiger partial charge in [-0.1, -0.05) is 13.0 Å². The lowest BCUT2D eigenvalue weighted by Crippen LogP contribution is -2.37. The molecule has 0 aromatic heterocycles. The number of aliphatic hydroxyl groups is 1. The van der Waals surface area contributed by atoms with Crippen molar-refractivity contribution in [1.82, 2.24) is 4.90 Å². The smallest absolute Gasteiger partial charge is 0.0589 e. The van der Waals surface area contributed by atoms with Gasteiger partial charge in [0.2, 0.25) is 0 Å². The summed E-state index contributed by atoms with van der Waals surface area (Å²) in [6, 6.07) is 7.12. The molecule has 3 nitrogen and oxygen atoms in total. The fraction of sp³-hybridized carbons (Fsp3) is 0.600. The molecule has 0 radical (unpaired) electrons. The summed E-state index contributed by atoms with van der Waals surface area (Å²) in [5.74, 6) is 0.604. The van der Waals surface area contributed by atoms with Crippen LogP contribution in [0, 0.1) is 5.92 Å². The van der Waals surface area contributed by atoms with Crippen LogP contribution in [0.15, 0.2) is 18.2 Å². The predicted molar refractivity (Wildman–Crippen MR) is 73.3 cm³/mol. The van der Waals surface area contributed by atoms with Gasteiger partial charge in [-0.15, -0.1) is 0 Å². The molecule has 1 aliphatic heterocycles. The second-order valence-electron chi connectivity index (χ2n) is 5.77. The number of aryl methyl sites for hydroxylation is 1. The van der Waals surface area contributed by atoms with Crippen molar-refractivity contribution in [3.8, 4) is 0 Å². The molecule has 3 N–H and O–H groups in total. The van der Waals surface area contributed by atoms with Crippen LogP contribution in [0.1, 0.15) is 36.9 Å². The minimum absolute atomic E-state index is 0.280. The van der Waals surface area contributed by atoms with Crippen molar-refractivity contribution in [2.24, 2.45) is 5.92 Å². The Bertz CT molecular complexity index is 446. The highest BCUT2D eigenvalue weighted by molar-refractivity contribution is 5.47. The number of nitrogens with two attached hydrogens (primary N) is 1. The molecule has 98 valence electrons. The number of fused-ring (bicyclic) bond motifs is 1. The van der Waals surface area contributed by atoms with E-state index in [1.54, 1.807) is 0 Å². The van der Waals surface area contributed by atoms with Gasteiger partial charge < -0.3 is 10.8 Å². The van der Waals surface area contributed by atoms with Gasteiger partial charge in [-0.05, 0) is 55.0 Å². The molecule has 1 heterocycles. The largest absolute Gasteiger partial charge is 0.399 e. The first-order chi connectivity index (χ1) is 8.70. The van der Waals surface area contributed by atoms with E-state index >= 15 is 0 Å². The third-order valence-corrected chi connectivity index (χ3v) is 4.73. The van der Waals surface area contributed by atoms with Gasteiger partial charge in [0.25, 0.3) is 0 Å². The van der Waals surface area contributed by atoms with E-state index in [2.05, 4.69) is 24.0 Å². The Kier molecular flexibility index (Phi) is 3.04. The van der Waals surface area contributed by atoms with E-state index in [-0.39, 0.29) is 6.61 Å². The second-order valence-corrected chi connectivity index (χ2v) is 5.77. The number of aliphatic hydroxyl groups excluding tert-OH is 1. The number of anilines is 1. The quantitative estimate of drug-likeness (QED) is 0.784. The summed E-state index contributed by atoms with van der Waals surface area (Å²) in [7, 11) is 0. The number of hydrogen-bond donors (Lipinski definition) is 2. The maximum Gasteiger partial charge on any atom is 0.0589 e. The summed E-state index contributed by atoms with van der Waals surface area (Å²) >= 11 is 0. The van der Waals surface area contributed by atoms with Crippen LogP contribution in [0.5, 0.6) is 0 Å². The first-order valence-corrected chi connectivity index (χ1v) is 6.95. The van der Waals surface area contributed by atoms with E-state index < -0.39 is 0 Å². The molecular weight excluding hydrogens is 224 g/mol. The summed E-state index contributed by atoms with van der Waals surface area (Å²) < 4.78 is 0. The minimum atomic E-state index is 0.280. The van der Waals surface area contributed by atoms with Gasteiger partial charge in [-0.3, -0.25) is 4.90 Å². The first-order valence-electron chi connectivity index (χ1n) is 6.95. The zero-order chi connectivity index (χ0) is 12.7. The predicted octanol–water partition coefficient (Wildman–Crippen LogP) is 1.96. The molecule has 0 bridgehead atoms. The number of nitrogens with zero attached hydrogens (tertiary/aromatic N) is 1. The van der Waals surface area contributed by atoms with Crippen LogP contribution in [-0.4, -0.2) is 29.2 Å². The standard InChI is InChI=1S/C15H22N2O/c1-10-6-7-17(15(10)9-18)14-5-2-11-8-12(16)3-4-13(11)14/h3-4,8,10,14-15,18H,2,5-7,9,16H2,1H3. The molecule has 1 aromatic carbocycles. The van der Waals surface area contributed by atoms with Gasteiger partial charge >= 0.3 is 0 Å². The molecule has 3 atom stereocenters. The number of likely N-dealkylation sites (tertiary alicyclic amines) is 1. The molecular formula is C15H22N2O. The van der Waals surface area contributed by atoms with Crippen molar-refractivity contribution in [3.05, 3.63) is 29.3 Å². The summed E-state index contributed by atoms with van der Waals surface area (Å²) in [6.45, 7) is 3.64. The molecule has 0 amide bonds. The van der Waals surface area contributed by atoms with E-state index in [4.69, 9.17) is 5.73 Å². The van der Waals surface area contributed by atoms with Crippen molar-refractivity contribution in [2.45, 2.75) is 38.3 Å². The highest BCUT2D eigenvalue weighted by atomic mass is 16.3. The number of nitrogen functional groups attached to an aromatic ring is 1. The lowest BCUT2D eigenvalue weighted by molar-refractivity contribution is 0.102. The third-order valence-electron chi connectivity index (χ3n) is 4.73. The summed E-state index contributed by atoms with van der Waals surface area (Å²) in [5, 5.41) is 9.60. The molecule has 1 fully saturated rings. The van der Waals surface area contributed by atoms with Crippen LogP contribution >= 0.6 is 0 Å². The second kappa shape index (κ2) is 4.56. The fourth-order valence-electron chi connectivity index (χ4n) is 3.67. The molecule has 1 aromatic rings. The molecule has 18 heavy (non-hydrogen) atoms. The van der Waals surface area contributed by atoms with E-state index in [0.717, 1.165) is 18.7 Å². The SMILES string of the molecule is CC1CCN(C2CCc3cc(N)ccc32)C1CO. The van der Waals surface area contributed by atoms with E-state index in [1.807, 2.05) is 6.07 Å². The normalized spacial score (nSPS) is 31.8. The van der Waals surface area contributed by atoms with E-state index in [9.17, 15) is 5.11 Å². The Morgan fingerprint density at radius 2 is 2.22 bits per heavy atom. The van der Waals surface area contributed by atoms with Crippen molar-refractivity contribution >= 4 is 5.69 Å². The van der Waals surface area contributed by atoms with Gasteiger partial charge in [-0.25, -0.2) is 0 Å². The zero-order valence-corrected chi connectivity index (χ0v) is 11.0. The molecule has 1 aliphatic carbocycles. The summed E-state index contributed by atoms with van der Waals surface area (Å²) in [5.41, 5.74) is 9.54. The number of rotatable bonds is 2. The van der Waals surface area contributed by atoms with Gasteiger partial charge in [0, 0.05) is 17.8 Å². The Balaban J connectivity index is 1.88. The van der Waals surface area contributed by atoms with Crippen LogP contribution in [0.3, 0.4) is 0 Å². The Morgan fingerprint density at radius 1 is 1.39 bits per heavy atom. The van der Waals surface area contributed by atoms with Crippen LogP contribution in [0.2, 0.25) is 0 Å². The average molecular weight is 246 g/mol. The van der Waals surface area contributed by atoms with Crippen molar-refractivity contribution < 1.29 is 5.11 Å². The van der Waals surface area contributed by atoms with Crippen LogP contribution in [-0.2, 0) is 6.42 Å². The fourth-order valence-corrected chi connectivity index (χ4v) is 3.67. The molecule has 0 spiro atoms. The lowest BCUT2D eigenvalue weighted by Gasteiger charge is -2.31. The van der Waals surface area contributed by atoms with Crippen LogP contribution in [0.25, 0.3) is 0 Å². The van der Waals surface area contributed by atoms with Gasteiger partial charge in [0.05, 0.1) is 6.61 Å². The van der Waals surface area contributed by atoms with Crippen LogP contribution < -0.4 is 5.73 Å². The number of hydrogen-bond acceptors (Lipinski definition) is 3. The van der Waals surface area contributed by atoms with Gasteiger partial charge in [0.1, 0.15) is 0 Å². The summed E-state index contributed by atoms with van der Waals surface area (Å²) in [4.78, 5) is 2.51. The molecule has 3 rings (SSSR count). The topological polar surface area (TPSA) is 49.5 Å². The molecule has 2 aliphatic rings. The first kappa shape index (κ1) is 12.0. The maximum absolute atomic E-state index is 9.60. The van der Waals surface area contributed by atoms with Crippen molar-refractivity contribution in [3.63, 3.8) is 0 Å². The molecule has 3 heteroatoms. The molecule has 3 unspecified atom stereocenters. The highest BCUT2D eigenvalue weighted by Gasteiger charge is 2.38. The Morgan fingerprint density at radius 3 is 3.00 bits per heavy atom. The van der Waals surface area contributed by atoms with Gasteiger partial charge in [0.15, 0.2) is 0 Å². The zero-order valence-electron chi connectivity index (χ0n) is 11.0. The van der Waals surface area contributed by atoms with Crippen molar-refractivity contribution in [1.29, 1.82) is 0 Å². The maximum atomic E-state index is 9.60. The average Bonchev–Trinajstić information content (AvgIpc) is 2.91.